The fourth-order valence-electron chi connectivity index (χ4n) is 2.95. The lowest BCUT2D eigenvalue weighted by Gasteiger charge is -2.07. The second kappa shape index (κ2) is 6.86. The molecule has 0 amide bonds. The smallest absolute Gasteiger partial charge is 0.270 e. The van der Waals surface area contributed by atoms with E-state index in [1.807, 2.05) is 0 Å². The Labute approximate surface area is 162 Å². The van der Waals surface area contributed by atoms with Gasteiger partial charge in [0.25, 0.3) is 11.2 Å². The quantitative estimate of drug-likeness (QED) is 0.418. The third kappa shape index (κ3) is 3.12. The fraction of sp³-hybridized carbons (Fsp3) is 0.111. The van der Waals surface area contributed by atoms with Gasteiger partial charge in [-0.15, -0.1) is 0 Å². The van der Waals surface area contributed by atoms with Gasteiger partial charge in [0.05, 0.1) is 22.2 Å². The molecule has 1 N–H and O–H groups in total. The van der Waals surface area contributed by atoms with Crippen LogP contribution >= 0.6 is 11.6 Å². The van der Waals surface area contributed by atoms with Crippen LogP contribution in [0.25, 0.3) is 22.4 Å². The Morgan fingerprint density at radius 3 is 2.68 bits per heavy atom. The van der Waals surface area contributed by atoms with Crippen molar-refractivity contribution in [2.45, 2.75) is 13.5 Å². The molecule has 0 bridgehead atoms. The molecule has 0 radical (unpaired) electrons. The predicted molar refractivity (Wildman–Crippen MR) is 103 cm³/mol. The summed E-state index contributed by atoms with van der Waals surface area (Å²) in [7, 11) is 0. The average molecular weight is 397 g/mol. The number of nitrogens with one attached hydrogen (secondary N) is 1. The van der Waals surface area contributed by atoms with Gasteiger partial charge < -0.3 is 4.98 Å². The summed E-state index contributed by atoms with van der Waals surface area (Å²) in [6, 6.07) is 7.72. The number of aryl methyl sites for hydroxylation is 1. The molecule has 0 saturated heterocycles. The summed E-state index contributed by atoms with van der Waals surface area (Å²) in [5.41, 5.74) is 1.89. The number of nitro groups is 1. The van der Waals surface area contributed by atoms with Gasteiger partial charge in [-0.25, -0.2) is 9.67 Å². The van der Waals surface area contributed by atoms with Crippen molar-refractivity contribution in [2.75, 3.05) is 0 Å². The van der Waals surface area contributed by atoms with Gasteiger partial charge in [-0.1, -0.05) is 11.6 Å². The van der Waals surface area contributed by atoms with Crippen LogP contribution in [0.4, 0.5) is 5.69 Å². The summed E-state index contributed by atoms with van der Waals surface area (Å²) in [5.74, 6) is 0.399. The van der Waals surface area contributed by atoms with E-state index in [-0.39, 0.29) is 22.8 Å². The number of benzene rings is 1. The van der Waals surface area contributed by atoms with Crippen LogP contribution in [0, 0.1) is 17.0 Å². The molecule has 3 aromatic heterocycles. The predicted octanol–water partition coefficient (Wildman–Crippen LogP) is 3.10. The first-order valence-electron chi connectivity index (χ1n) is 8.24. The lowest BCUT2D eigenvalue weighted by molar-refractivity contribution is -0.384. The summed E-state index contributed by atoms with van der Waals surface area (Å²) < 4.78 is 1.57. The number of fused-ring (bicyclic) bond motifs is 1. The number of hydrogen-bond donors (Lipinski definition) is 1. The molecule has 4 rings (SSSR count). The normalized spacial score (nSPS) is 11.1. The molecule has 0 unspecified atom stereocenters. The zero-order valence-corrected chi connectivity index (χ0v) is 15.3. The summed E-state index contributed by atoms with van der Waals surface area (Å²) in [5, 5.41) is 15.9. The van der Waals surface area contributed by atoms with Gasteiger partial charge in [-0.3, -0.25) is 19.9 Å². The Hall–Kier alpha value is -3.59. The van der Waals surface area contributed by atoms with Crippen LogP contribution in [0.2, 0.25) is 5.02 Å². The third-order valence-electron chi connectivity index (χ3n) is 4.30. The second-order valence-electron chi connectivity index (χ2n) is 6.12. The maximum absolute atomic E-state index is 12.6. The van der Waals surface area contributed by atoms with Crippen molar-refractivity contribution in [2.24, 2.45) is 0 Å². The Balaban J connectivity index is 1.83. The highest BCUT2D eigenvalue weighted by Crippen LogP contribution is 2.25. The van der Waals surface area contributed by atoms with E-state index < -0.39 is 4.92 Å². The van der Waals surface area contributed by atoms with Gasteiger partial charge in [0.15, 0.2) is 5.65 Å². The topological polar surface area (TPSA) is 120 Å². The van der Waals surface area contributed by atoms with E-state index >= 15 is 0 Å². The number of H-pyrrole nitrogens is 1. The number of nitro benzene ring substituents is 1. The zero-order chi connectivity index (χ0) is 19.8. The van der Waals surface area contributed by atoms with E-state index in [1.165, 1.54) is 12.1 Å². The van der Waals surface area contributed by atoms with E-state index in [1.54, 1.807) is 42.2 Å². The number of non-ortho nitro benzene ring substituents is 1. The molecule has 1 aromatic carbocycles. The van der Waals surface area contributed by atoms with Crippen molar-refractivity contribution in [3.8, 4) is 11.4 Å². The minimum absolute atomic E-state index is 0.0928. The highest BCUT2D eigenvalue weighted by molar-refractivity contribution is 6.31. The number of pyridine rings is 1. The molecule has 140 valence electrons. The Bertz CT molecular complexity index is 1270. The summed E-state index contributed by atoms with van der Waals surface area (Å²) >= 11 is 6.20. The molecule has 0 atom stereocenters. The molecule has 0 spiro atoms. The molecule has 28 heavy (non-hydrogen) atoms. The minimum atomic E-state index is -0.509. The van der Waals surface area contributed by atoms with Crippen LogP contribution in [0.5, 0.6) is 0 Å². The van der Waals surface area contributed by atoms with E-state index in [0.29, 0.717) is 33.7 Å². The SMILES string of the molecule is Cc1nn(Cc2ccc([N+](=O)[O-])cc2Cl)c2nc(-c3ccncc3)[nH]c(=O)c12. The molecule has 0 aliphatic carbocycles. The number of aromatic amines is 1. The highest BCUT2D eigenvalue weighted by atomic mass is 35.5. The van der Waals surface area contributed by atoms with Gasteiger partial charge in [0.2, 0.25) is 0 Å². The van der Waals surface area contributed by atoms with Crippen molar-refractivity contribution in [3.63, 3.8) is 0 Å². The van der Waals surface area contributed by atoms with Crippen LogP contribution < -0.4 is 5.56 Å². The first kappa shape index (κ1) is 17.8. The van der Waals surface area contributed by atoms with E-state index in [9.17, 15) is 14.9 Å². The number of hydrogen-bond acceptors (Lipinski definition) is 6. The maximum atomic E-state index is 12.6. The molecule has 9 nitrogen and oxygen atoms in total. The standard InChI is InChI=1S/C18H13ClN6O3/c1-10-15-17(21-16(22-18(15)26)11-4-6-20-7-5-11)24(23-10)9-12-2-3-13(25(27)28)8-14(12)19/h2-8H,9H2,1H3,(H,21,22,26). The Morgan fingerprint density at radius 2 is 2.00 bits per heavy atom. The summed E-state index contributed by atoms with van der Waals surface area (Å²) in [6.07, 6.45) is 3.22. The average Bonchev–Trinajstić information content (AvgIpc) is 3.00. The van der Waals surface area contributed by atoms with Crippen LogP contribution in [-0.4, -0.2) is 29.7 Å². The zero-order valence-electron chi connectivity index (χ0n) is 14.6. The molecule has 0 aliphatic heterocycles. The lowest BCUT2D eigenvalue weighted by Crippen LogP contribution is -2.11. The maximum Gasteiger partial charge on any atom is 0.270 e. The van der Waals surface area contributed by atoms with Crippen LogP contribution in [0.3, 0.4) is 0 Å². The Kier molecular flexibility index (Phi) is 4.36. The Morgan fingerprint density at radius 1 is 1.25 bits per heavy atom. The largest absolute Gasteiger partial charge is 0.306 e. The van der Waals surface area contributed by atoms with Gasteiger partial charge in [0.1, 0.15) is 11.2 Å². The monoisotopic (exact) mass is 396 g/mol. The summed E-state index contributed by atoms with van der Waals surface area (Å²) in [6.45, 7) is 1.94. The second-order valence-corrected chi connectivity index (χ2v) is 6.53. The number of rotatable bonds is 4. The molecule has 0 saturated carbocycles. The highest BCUT2D eigenvalue weighted by Gasteiger charge is 2.17. The van der Waals surface area contributed by atoms with Crippen LogP contribution in [-0.2, 0) is 6.54 Å². The third-order valence-corrected chi connectivity index (χ3v) is 4.65. The lowest BCUT2D eigenvalue weighted by atomic mass is 10.2. The molecule has 3 heterocycles. The van der Waals surface area contributed by atoms with Crippen LogP contribution in [0.15, 0.2) is 47.5 Å². The van der Waals surface area contributed by atoms with Gasteiger partial charge in [-0.2, -0.15) is 5.10 Å². The van der Waals surface area contributed by atoms with Gasteiger partial charge in [0, 0.05) is 30.1 Å². The first-order valence-corrected chi connectivity index (χ1v) is 8.62. The van der Waals surface area contributed by atoms with Crippen molar-refractivity contribution in [1.29, 1.82) is 0 Å². The number of nitrogens with zero attached hydrogens (tertiary/aromatic N) is 5. The number of aromatic nitrogens is 5. The van der Waals surface area contributed by atoms with Crippen molar-refractivity contribution < 1.29 is 4.92 Å². The molecular weight excluding hydrogens is 384 g/mol. The van der Waals surface area contributed by atoms with Crippen molar-refractivity contribution in [1.82, 2.24) is 24.7 Å². The fourth-order valence-corrected chi connectivity index (χ4v) is 3.18. The molecule has 10 heteroatoms. The molecule has 4 aromatic rings. The van der Waals surface area contributed by atoms with Crippen LogP contribution in [0.1, 0.15) is 11.3 Å². The van der Waals surface area contributed by atoms with Crippen molar-refractivity contribution >= 4 is 28.3 Å². The van der Waals surface area contributed by atoms with Crippen molar-refractivity contribution in [3.05, 3.63) is 79.5 Å². The number of halogens is 1. The molecular formula is C18H13ClN6O3. The summed E-state index contributed by atoms with van der Waals surface area (Å²) in [4.78, 5) is 34.3. The minimum Gasteiger partial charge on any atom is -0.306 e. The molecule has 0 fully saturated rings. The van der Waals surface area contributed by atoms with E-state index in [0.717, 1.165) is 0 Å². The first-order chi connectivity index (χ1) is 13.4. The van der Waals surface area contributed by atoms with E-state index in [4.69, 9.17) is 11.6 Å². The van der Waals surface area contributed by atoms with Gasteiger partial charge >= 0.3 is 0 Å². The van der Waals surface area contributed by atoms with E-state index in [2.05, 4.69) is 20.1 Å². The van der Waals surface area contributed by atoms with Gasteiger partial charge in [-0.05, 0) is 30.7 Å². The molecule has 0 aliphatic rings.